The molecule has 0 amide bonds. The highest BCUT2D eigenvalue weighted by Crippen LogP contribution is 2.32. The number of hydrogen-bond donors (Lipinski definition) is 0. The highest BCUT2D eigenvalue weighted by atomic mass is 32.2. The Morgan fingerprint density at radius 2 is 1.79 bits per heavy atom. The summed E-state index contributed by atoms with van der Waals surface area (Å²) in [6, 6.07) is 10.6. The average molecular weight is 547 g/mol. The molecule has 6 nitrogen and oxygen atoms in total. The average Bonchev–Trinajstić information content (AvgIpc) is 3.55. The summed E-state index contributed by atoms with van der Waals surface area (Å²) in [5.74, 6) is -0.776. The lowest BCUT2D eigenvalue weighted by Gasteiger charge is -2.21. The minimum Gasteiger partial charge on any atom is -0.443 e. The molecule has 0 bridgehead atoms. The molecule has 198 valence electrons. The van der Waals surface area contributed by atoms with Crippen LogP contribution >= 0.6 is 0 Å². The van der Waals surface area contributed by atoms with Crippen molar-refractivity contribution in [3.05, 3.63) is 83.9 Å². The van der Waals surface area contributed by atoms with E-state index in [-0.39, 0.29) is 35.8 Å². The summed E-state index contributed by atoms with van der Waals surface area (Å²) >= 11 is 0. The van der Waals surface area contributed by atoms with Gasteiger partial charge in [0.2, 0.25) is 5.09 Å². The maximum Gasteiger partial charge on any atom is 0.416 e. The van der Waals surface area contributed by atoms with Crippen LogP contribution in [-0.4, -0.2) is 36.1 Å². The Kier molecular flexibility index (Phi) is 6.83. The van der Waals surface area contributed by atoms with Gasteiger partial charge in [0.05, 0.1) is 11.6 Å². The normalized spacial score (nSPS) is 16.8. The quantitative estimate of drug-likeness (QED) is 0.265. The van der Waals surface area contributed by atoms with Gasteiger partial charge in [0.15, 0.2) is 5.78 Å². The highest BCUT2D eigenvalue weighted by molar-refractivity contribution is 7.89. The number of carbonyl (C=O) groups excluding carboxylic acids is 1. The lowest BCUT2D eigenvalue weighted by atomic mass is 10.00. The Hall–Kier alpha value is -3.57. The molecule has 0 radical (unpaired) electrons. The number of pyridine rings is 1. The Morgan fingerprint density at radius 1 is 1.03 bits per heavy atom. The third kappa shape index (κ3) is 5.21. The van der Waals surface area contributed by atoms with Crippen molar-refractivity contribution >= 4 is 26.8 Å². The number of aryl methyl sites for hydroxylation is 1. The first-order chi connectivity index (χ1) is 18.0. The van der Waals surface area contributed by atoms with Crippen LogP contribution in [0.1, 0.15) is 30.4 Å². The van der Waals surface area contributed by atoms with E-state index in [1.807, 2.05) is 0 Å². The number of Topliss-reactive ketones (excluding diaryl/α,β-unsaturated/α-hetero) is 1. The van der Waals surface area contributed by atoms with Crippen LogP contribution in [0.25, 0.3) is 22.1 Å². The lowest BCUT2D eigenvalue weighted by Crippen LogP contribution is -2.40. The lowest BCUT2D eigenvalue weighted by molar-refractivity contribution is -0.137. The molecular weight excluding hydrogens is 524 g/mol. The van der Waals surface area contributed by atoms with Crippen molar-refractivity contribution in [1.82, 2.24) is 9.29 Å². The van der Waals surface area contributed by atoms with Gasteiger partial charge in [-0.25, -0.2) is 12.8 Å². The minimum atomic E-state index is -4.43. The molecule has 1 unspecified atom stereocenters. The van der Waals surface area contributed by atoms with Crippen molar-refractivity contribution in [1.29, 1.82) is 0 Å². The van der Waals surface area contributed by atoms with Gasteiger partial charge in [-0.3, -0.25) is 9.78 Å². The fourth-order valence-corrected chi connectivity index (χ4v) is 6.28. The van der Waals surface area contributed by atoms with Crippen LogP contribution in [0.2, 0.25) is 0 Å². The second-order valence-electron chi connectivity index (χ2n) is 9.14. The van der Waals surface area contributed by atoms with Gasteiger partial charge in [0.25, 0.3) is 10.0 Å². The topological polar surface area (TPSA) is 80.5 Å². The molecule has 4 aromatic rings. The zero-order valence-corrected chi connectivity index (χ0v) is 20.7. The van der Waals surface area contributed by atoms with Crippen molar-refractivity contribution in [2.24, 2.45) is 0 Å². The van der Waals surface area contributed by atoms with Crippen LogP contribution in [0.4, 0.5) is 17.6 Å². The van der Waals surface area contributed by atoms with Crippen molar-refractivity contribution in [2.45, 2.75) is 43.0 Å². The summed E-state index contributed by atoms with van der Waals surface area (Å²) in [5, 5.41) is -0.0303. The minimum absolute atomic E-state index is 0.0557. The van der Waals surface area contributed by atoms with E-state index in [0.29, 0.717) is 34.9 Å². The number of fused-ring (bicyclic) bond motifs is 1. The molecule has 3 heterocycles. The number of nitrogens with zero attached hydrogens (tertiary/aromatic N) is 2. The smallest absolute Gasteiger partial charge is 0.416 e. The van der Waals surface area contributed by atoms with Gasteiger partial charge in [-0.05, 0) is 66.8 Å². The monoisotopic (exact) mass is 546 g/mol. The van der Waals surface area contributed by atoms with Gasteiger partial charge in [0, 0.05) is 42.4 Å². The van der Waals surface area contributed by atoms with E-state index in [1.165, 1.54) is 42.6 Å². The summed E-state index contributed by atoms with van der Waals surface area (Å²) in [6.07, 6.45) is -0.111. The molecule has 1 aliphatic heterocycles. The molecule has 0 N–H and O–H groups in total. The van der Waals surface area contributed by atoms with Gasteiger partial charge in [-0.1, -0.05) is 12.1 Å². The molecule has 1 atom stereocenters. The number of carbonyl (C=O) groups is 1. The van der Waals surface area contributed by atoms with Gasteiger partial charge < -0.3 is 4.42 Å². The molecule has 0 aliphatic carbocycles. The molecular formula is C27H22F4N2O4S. The van der Waals surface area contributed by atoms with E-state index in [2.05, 4.69) is 4.98 Å². The number of halogens is 4. The number of rotatable bonds is 7. The van der Waals surface area contributed by atoms with Crippen LogP contribution < -0.4 is 0 Å². The number of ketones is 1. The summed E-state index contributed by atoms with van der Waals surface area (Å²) in [5.41, 5.74) is 1.34. The fourth-order valence-electron chi connectivity index (χ4n) is 4.65. The van der Waals surface area contributed by atoms with Crippen molar-refractivity contribution in [2.75, 3.05) is 6.54 Å². The van der Waals surface area contributed by atoms with Gasteiger partial charge in [-0.2, -0.15) is 17.5 Å². The van der Waals surface area contributed by atoms with E-state index in [9.17, 15) is 30.8 Å². The van der Waals surface area contributed by atoms with Crippen LogP contribution in [0.3, 0.4) is 0 Å². The predicted molar refractivity (Wildman–Crippen MR) is 131 cm³/mol. The summed E-state index contributed by atoms with van der Waals surface area (Å²) in [6.45, 7) is 0.162. The molecule has 1 fully saturated rings. The standard InChI is InChI=1S/C27H22F4N2O4S/c28-22-8-10-25-19(13-22)14-26(37-25)38(35,36)33-11-1-2-23(33)24(34)9-3-17-12-20(16-32-15-17)18-4-6-21(7-5-18)27(29,30)31/h4-8,10,12-16,23H,1-3,9,11H2. The largest absolute Gasteiger partial charge is 0.443 e. The third-order valence-electron chi connectivity index (χ3n) is 6.59. The number of sulfonamides is 1. The zero-order chi connectivity index (χ0) is 27.1. The number of benzene rings is 2. The highest BCUT2D eigenvalue weighted by Gasteiger charge is 2.40. The molecule has 0 saturated carbocycles. The number of furan rings is 1. The molecule has 11 heteroatoms. The van der Waals surface area contributed by atoms with Crippen molar-refractivity contribution in [3.8, 4) is 11.1 Å². The van der Waals surface area contributed by atoms with E-state index in [1.54, 1.807) is 12.3 Å². The third-order valence-corrected chi connectivity index (χ3v) is 8.36. The first kappa shape index (κ1) is 26.1. The van der Waals surface area contributed by atoms with Crippen LogP contribution in [0.5, 0.6) is 0 Å². The van der Waals surface area contributed by atoms with Gasteiger partial charge in [0.1, 0.15) is 11.4 Å². The summed E-state index contributed by atoms with van der Waals surface area (Å²) < 4.78 is 85.2. The molecule has 2 aromatic carbocycles. The van der Waals surface area contributed by atoms with Crippen molar-refractivity contribution in [3.63, 3.8) is 0 Å². The molecule has 1 aliphatic rings. The fraction of sp³-hybridized carbons (Fsp3) is 0.259. The SMILES string of the molecule is O=C(CCc1cncc(-c2ccc(C(F)(F)F)cc2)c1)C1CCCN1S(=O)(=O)c1cc2cc(F)ccc2o1. The summed E-state index contributed by atoms with van der Waals surface area (Å²) in [4.78, 5) is 17.2. The van der Waals surface area contributed by atoms with E-state index in [4.69, 9.17) is 4.42 Å². The molecule has 0 spiro atoms. The number of alkyl halides is 3. The Bertz CT molecular complexity index is 1600. The van der Waals surface area contributed by atoms with Crippen molar-refractivity contribution < 1.29 is 35.2 Å². The first-order valence-corrected chi connectivity index (χ1v) is 13.3. The second-order valence-corrected chi connectivity index (χ2v) is 11.0. The zero-order valence-electron chi connectivity index (χ0n) is 19.9. The Balaban J connectivity index is 1.28. The maximum absolute atomic E-state index is 13.5. The van der Waals surface area contributed by atoms with E-state index >= 15 is 0 Å². The molecule has 2 aromatic heterocycles. The van der Waals surface area contributed by atoms with E-state index < -0.39 is 33.6 Å². The molecule has 5 rings (SSSR count). The van der Waals surface area contributed by atoms with E-state index in [0.717, 1.165) is 16.4 Å². The molecule has 38 heavy (non-hydrogen) atoms. The second kappa shape index (κ2) is 9.95. The van der Waals surface area contributed by atoms with Crippen LogP contribution in [0.15, 0.2) is 76.5 Å². The Labute approximate surface area is 215 Å². The van der Waals surface area contributed by atoms with Gasteiger partial charge in [-0.15, -0.1) is 0 Å². The molecule has 1 saturated heterocycles. The first-order valence-electron chi connectivity index (χ1n) is 11.9. The summed E-state index contributed by atoms with van der Waals surface area (Å²) in [7, 11) is -4.12. The number of hydrogen-bond acceptors (Lipinski definition) is 5. The van der Waals surface area contributed by atoms with Crippen LogP contribution in [0, 0.1) is 5.82 Å². The van der Waals surface area contributed by atoms with Crippen LogP contribution in [-0.2, 0) is 27.4 Å². The predicted octanol–water partition coefficient (Wildman–Crippen LogP) is 6.01. The maximum atomic E-state index is 13.5. The number of aromatic nitrogens is 1. The van der Waals surface area contributed by atoms with Gasteiger partial charge >= 0.3 is 6.18 Å². The Morgan fingerprint density at radius 3 is 2.53 bits per heavy atom.